The maximum absolute atomic E-state index is 12.4. The van der Waals surface area contributed by atoms with Crippen molar-refractivity contribution in [3.05, 3.63) is 36.5 Å². The minimum Gasteiger partial charge on any atom is -0.394 e. The highest BCUT2D eigenvalue weighted by molar-refractivity contribution is 5.80. The van der Waals surface area contributed by atoms with Crippen molar-refractivity contribution >= 4 is 5.91 Å². The molecule has 49 heavy (non-hydrogen) atoms. The standard InChI is InChI=1S/C44H83NO4/c1-3-5-7-9-11-13-15-17-18-19-20-21-22-23-24-25-27-29-31-33-35-37-39-43(48)44(49)45-41(40-46)42(47)38-36-34-32-30-28-26-16-14-12-10-8-6-4-2/h20-21,23-24,36,38,41-43,46-48H,3-19,22,25-35,37,39-40H2,1-2H3,(H,45,49)/b21-20-,24-23-,38-36+. The first-order valence-electron chi connectivity index (χ1n) is 21.3. The van der Waals surface area contributed by atoms with Gasteiger partial charge >= 0.3 is 0 Å². The molecular weight excluding hydrogens is 606 g/mol. The number of aliphatic hydroxyl groups is 3. The van der Waals surface area contributed by atoms with E-state index in [0.717, 1.165) is 44.9 Å². The summed E-state index contributed by atoms with van der Waals surface area (Å²) in [6.07, 6.45) is 48.8. The Bertz CT molecular complexity index is 764. The minimum atomic E-state index is -1.11. The first-order chi connectivity index (χ1) is 24.1. The first-order valence-corrected chi connectivity index (χ1v) is 21.3. The van der Waals surface area contributed by atoms with E-state index in [2.05, 4.69) is 43.5 Å². The van der Waals surface area contributed by atoms with E-state index in [1.165, 1.54) is 148 Å². The SMILES string of the molecule is CCCCCCCCCCC/C=C\C/C=C\CCCCCCCCC(O)C(=O)NC(CO)C(O)/C=C/CCCCCCCCCCCCC. The molecule has 0 spiro atoms. The monoisotopic (exact) mass is 690 g/mol. The number of nitrogens with one attached hydrogen (secondary N) is 1. The van der Waals surface area contributed by atoms with Gasteiger partial charge in [0.15, 0.2) is 0 Å². The number of amides is 1. The zero-order valence-electron chi connectivity index (χ0n) is 32.6. The molecule has 0 aromatic heterocycles. The van der Waals surface area contributed by atoms with Gasteiger partial charge in [-0.2, -0.15) is 0 Å². The van der Waals surface area contributed by atoms with E-state index in [-0.39, 0.29) is 6.61 Å². The van der Waals surface area contributed by atoms with Crippen LogP contribution in [0.25, 0.3) is 0 Å². The molecule has 0 heterocycles. The van der Waals surface area contributed by atoms with Crippen molar-refractivity contribution < 1.29 is 20.1 Å². The molecule has 0 fully saturated rings. The summed E-state index contributed by atoms with van der Waals surface area (Å²) < 4.78 is 0. The van der Waals surface area contributed by atoms with Crippen molar-refractivity contribution in [2.24, 2.45) is 0 Å². The molecule has 1 amide bonds. The van der Waals surface area contributed by atoms with Crippen molar-refractivity contribution in [2.45, 2.75) is 231 Å². The second-order valence-corrected chi connectivity index (χ2v) is 14.6. The van der Waals surface area contributed by atoms with Gasteiger partial charge < -0.3 is 20.6 Å². The average molecular weight is 690 g/mol. The maximum atomic E-state index is 12.4. The fraction of sp³-hybridized carbons (Fsp3) is 0.841. The predicted octanol–water partition coefficient (Wildman–Crippen LogP) is 12.0. The predicted molar refractivity (Wildman–Crippen MR) is 213 cm³/mol. The molecular formula is C44H83NO4. The van der Waals surface area contributed by atoms with E-state index < -0.39 is 24.2 Å². The van der Waals surface area contributed by atoms with Gasteiger partial charge in [0.25, 0.3) is 0 Å². The van der Waals surface area contributed by atoms with E-state index in [1.54, 1.807) is 6.08 Å². The molecule has 0 aromatic carbocycles. The number of allylic oxidation sites excluding steroid dienone is 5. The van der Waals surface area contributed by atoms with Crippen molar-refractivity contribution in [1.82, 2.24) is 5.32 Å². The number of unbranched alkanes of at least 4 members (excludes halogenated alkanes) is 26. The van der Waals surface area contributed by atoms with Gasteiger partial charge in [0.1, 0.15) is 6.10 Å². The number of hydrogen-bond donors (Lipinski definition) is 4. The third-order valence-corrected chi connectivity index (χ3v) is 9.73. The average Bonchev–Trinajstić information content (AvgIpc) is 3.11. The molecule has 5 nitrogen and oxygen atoms in total. The summed E-state index contributed by atoms with van der Waals surface area (Å²) >= 11 is 0. The largest absolute Gasteiger partial charge is 0.394 e. The number of carbonyl (C=O) groups excluding carboxylic acids is 1. The summed E-state index contributed by atoms with van der Waals surface area (Å²) in [5.74, 6) is -0.512. The summed E-state index contributed by atoms with van der Waals surface area (Å²) in [4.78, 5) is 12.4. The van der Waals surface area contributed by atoms with Gasteiger partial charge in [0.2, 0.25) is 5.91 Å². The van der Waals surface area contributed by atoms with Crippen LogP contribution < -0.4 is 5.32 Å². The third-order valence-electron chi connectivity index (χ3n) is 9.73. The highest BCUT2D eigenvalue weighted by Crippen LogP contribution is 2.14. The Kier molecular flexibility index (Phi) is 38.2. The van der Waals surface area contributed by atoms with Gasteiger partial charge in [0.05, 0.1) is 18.8 Å². The number of hydrogen-bond acceptors (Lipinski definition) is 4. The Morgan fingerprint density at radius 3 is 1.29 bits per heavy atom. The van der Waals surface area contributed by atoms with Crippen LogP contribution in [0.4, 0.5) is 0 Å². The van der Waals surface area contributed by atoms with Crippen molar-refractivity contribution in [3.63, 3.8) is 0 Å². The Labute approximate surface area is 304 Å². The highest BCUT2D eigenvalue weighted by atomic mass is 16.3. The topological polar surface area (TPSA) is 89.8 Å². The molecule has 0 aliphatic carbocycles. The zero-order valence-corrected chi connectivity index (χ0v) is 32.6. The summed E-state index contributed by atoms with van der Waals surface area (Å²) in [7, 11) is 0. The van der Waals surface area contributed by atoms with Crippen LogP contribution in [0.3, 0.4) is 0 Å². The fourth-order valence-electron chi connectivity index (χ4n) is 6.33. The third kappa shape index (κ3) is 34.8. The highest BCUT2D eigenvalue weighted by Gasteiger charge is 2.22. The van der Waals surface area contributed by atoms with Gasteiger partial charge in [-0.05, 0) is 51.4 Å². The van der Waals surface area contributed by atoms with Gasteiger partial charge in [-0.3, -0.25) is 4.79 Å². The Hall–Kier alpha value is -1.43. The van der Waals surface area contributed by atoms with E-state index in [4.69, 9.17) is 0 Å². The molecule has 0 aliphatic heterocycles. The van der Waals surface area contributed by atoms with Crippen LogP contribution in [0.5, 0.6) is 0 Å². The minimum absolute atomic E-state index is 0.367. The lowest BCUT2D eigenvalue weighted by atomic mass is 10.0. The zero-order chi connectivity index (χ0) is 35.9. The Morgan fingerprint density at radius 1 is 0.510 bits per heavy atom. The Balaban J connectivity index is 3.70. The van der Waals surface area contributed by atoms with Crippen molar-refractivity contribution in [2.75, 3.05) is 6.61 Å². The molecule has 0 radical (unpaired) electrons. The lowest BCUT2D eigenvalue weighted by Gasteiger charge is -2.21. The van der Waals surface area contributed by atoms with Crippen LogP contribution in [0.1, 0.15) is 213 Å². The molecule has 0 aliphatic rings. The Morgan fingerprint density at radius 2 is 0.878 bits per heavy atom. The molecule has 0 rings (SSSR count). The molecule has 288 valence electrons. The van der Waals surface area contributed by atoms with E-state index in [0.29, 0.717) is 6.42 Å². The summed E-state index contributed by atoms with van der Waals surface area (Å²) in [5.41, 5.74) is 0. The van der Waals surface area contributed by atoms with Gasteiger partial charge in [-0.1, -0.05) is 198 Å². The molecule has 3 unspecified atom stereocenters. The molecule has 4 N–H and O–H groups in total. The van der Waals surface area contributed by atoms with Crippen LogP contribution in [-0.4, -0.2) is 46.1 Å². The summed E-state index contributed by atoms with van der Waals surface area (Å²) in [5, 5.41) is 33.1. The van der Waals surface area contributed by atoms with E-state index >= 15 is 0 Å². The molecule has 3 atom stereocenters. The number of rotatable bonds is 38. The van der Waals surface area contributed by atoms with E-state index in [1.807, 2.05) is 6.08 Å². The maximum Gasteiger partial charge on any atom is 0.249 e. The molecule has 5 heteroatoms. The van der Waals surface area contributed by atoms with Crippen LogP contribution in [0.15, 0.2) is 36.5 Å². The van der Waals surface area contributed by atoms with Crippen LogP contribution in [-0.2, 0) is 4.79 Å². The second-order valence-electron chi connectivity index (χ2n) is 14.6. The number of carbonyl (C=O) groups is 1. The molecule has 0 saturated carbocycles. The normalized spacial score (nSPS) is 14.0. The summed E-state index contributed by atoms with van der Waals surface area (Å²) in [6.45, 7) is 4.17. The lowest BCUT2D eigenvalue weighted by molar-refractivity contribution is -0.131. The smallest absolute Gasteiger partial charge is 0.249 e. The quantitative estimate of drug-likeness (QED) is 0.0384. The fourth-order valence-corrected chi connectivity index (χ4v) is 6.33. The van der Waals surface area contributed by atoms with Gasteiger partial charge in [-0.25, -0.2) is 0 Å². The van der Waals surface area contributed by atoms with E-state index in [9.17, 15) is 20.1 Å². The van der Waals surface area contributed by atoms with Crippen molar-refractivity contribution in [3.8, 4) is 0 Å². The number of aliphatic hydroxyl groups excluding tert-OH is 3. The summed E-state index contributed by atoms with van der Waals surface area (Å²) in [6, 6.07) is -0.801. The second kappa shape index (κ2) is 39.4. The van der Waals surface area contributed by atoms with Crippen LogP contribution in [0, 0.1) is 0 Å². The molecule has 0 aromatic rings. The van der Waals surface area contributed by atoms with Gasteiger partial charge in [0, 0.05) is 0 Å². The van der Waals surface area contributed by atoms with Gasteiger partial charge in [-0.15, -0.1) is 0 Å². The lowest BCUT2D eigenvalue weighted by Crippen LogP contribution is -2.48. The van der Waals surface area contributed by atoms with Crippen LogP contribution in [0.2, 0.25) is 0 Å². The first kappa shape index (κ1) is 47.6. The van der Waals surface area contributed by atoms with Crippen molar-refractivity contribution in [1.29, 1.82) is 0 Å². The van der Waals surface area contributed by atoms with Crippen LogP contribution >= 0.6 is 0 Å². The molecule has 0 saturated heterocycles. The molecule has 0 bridgehead atoms.